The summed E-state index contributed by atoms with van der Waals surface area (Å²) in [4.78, 5) is 19.9. The van der Waals surface area contributed by atoms with Crippen LogP contribution < -0.4 is 0 Å². The molecule has 6 heteroatoms. The van der Waals surface area contributed by atoms with E-state index in [1.165, 1.54) is 0 Å². The van der Waals surface area contributed by atoms with E-state index < -0.39 is 5.82 Å². The molecular weight excluding hydrogens is 269 g/mol. The van der Waals surface area contributed by atoms with Crippen LogP contribution in [0.5, 0.6) is 0 Å². The van der Waals surface area contributed by atoms with Crippen molar-refractivity contribution in [1.82, 2.24) is 14.8 Å². The van der Waals surface area contributed by atoms with Crippen molar-refractivity contribution in [1.29, 1.82) is 0 Å². The maximum absolute atomic E-state index is 13.2. The Morgan fingerprint density at radius 3 is 3.00 bits per heavy atom. The lowest BCUT2D eigenvalue weighted by Crippen LogP contribution is -2.47. The summed E-state index contributed by atoms with van der Waals surface area (Å²) in [7, 11) is 3.99. The molecule has 1 atom stereocenters. The molecule has 1 aliphatic heterocycles. The second-order valence-corrected chi connectivity index (χ2v) is 5.36. The first-order valence-electron chi connectivity index (χ1n) is 6.26. The molecule has 1 unspecified atom stereocenters. The zero-order valence-corrected chi connectivity index (χ0v) is 11.8. The minimum absolute atomic E-state index is 0.0541. The van der Waals surface area contributed by atoms with Gasteiger partial charge < -0.3 is 9.80 Å². The first-order chi connectivity index (χ1) is 8.99. The van der Waals surface area contributed by atoms with Gasteiger partial charge in [-0.15, -0.1) is 0 Å². The van der Waals surface area contributed by atoms with Crippen molar-refractivity contribution in [2.45, 2.75) is 18.9 Å². The maximum Gasteiger partial charge on any atom is 0.257 e. The van der Waals surface area contributed by atoms with Gasteiger partial charge in [0.05, 0.1) is 11.8 Å². The van der Waals surface area contributed by atoms with Crippen molar-refractivity contribution in [2.75, 3.05) is 27.2 Å². The number of halogens is 2. The van der Waals surface area contributed by atoms with E-state index >= 15 is 0 Å². The van der Waals surface area contributed by atoms with E-state index in [2.05, 4.69) is 9.88 Å². The minimum Gasteiger partial charge on any atom is -0.337 e. The van der Waals surface area contributed by atoms with Crippen LogP contribution in [0.3, 0.4) is 0 Å². The zero-order valence-electron chi connectivity index (χ0n) is 11.1. The van der Waals surface area contributed by atoms with Gasteiger partial charge in [-0.1, -0.05) is 11.6 Å². The number of carbonyl (C=O) groups excluding carboxylic acids is 1. The summed E-state index contributed by atoms with van der Waals surface area (Å²) < 4.78 is 13.2. The van der Waals surface area contributed by atoms with Gasteiger partial charge in [-0.2, -0.15) is 0 Å². The summed E-state index contributed by atoms with van der Waals surface area (Å²) >= 11 is 5.87. The number of likely N-dealkylation sites (N-methyl/N-ethyl adjacent to an activating group) is 1. The Morgan fingerprint density at radius 2 is 2.32 bits per heavy atom. The highest BCUT2D eigenvalue weighted by molar-refractivity contribution is 6.32. The fourth-order valence-corrected chi connectivity index (χ4v) is 2.49. The highest BCUT2D eigenvalue weighted by Crippen LogP contribution is 2.20. The molecule has 1 aromatic rings. The summed E-state index contributed by atoms with van der Waals surface area (Å²) in [6.45, 7) is 1.31. The number of rotatable bonds is 2. The second kappa shape index (κ2) is 5.84. The predicted molar refractivity (Wildman–Crippen MR) is 71.8 cm³/mol. The molecular formula is C13H17ClFN3O. The van der Waals surface area contributed by atoms with Gasteiger partial charge >= 0.3 is 0 Å². The molecule has 0 aliphatic carbocycles. The van der Waals surface area contributed by atoms with Crippen molar-refractivity contribution in [3.8, 4) is 0 Å². The molecule has 2 rings (SSSR count). The van der Waals surface area contributed by atoms with Gasteiger partial charge in [0, 0.05) is 19.1 Å². The van der Waals surface area contributed by atoms with Crippen LogP contribution in [0.1, 0.15) is 23.2 Å². The Balaban J connectivity index is 2.17. The Kier molecular flexibility index (Phi) is 4.37. The quantitative estimate of drug-likeness (QED) is 0.780. The molecule has 0 N–H and O–H groups in total. The van der Waals surface area contributed by atoms with Crippen molar-refractivity contribution >= 4 is 17.5 Å². The van der Waals surface area contributed by atoms with Crippen LogP contribution in [-0.4, -0.2) is 53.9 Å². The van der Waals surface area contributed by atoms with Gasteiger partial charge in [0.25, 0.3) is 5.91 Å². The molecule has 1 fully saturated rings. The Hall–Kier alpha value is -1.20. The number of likely N-dealkylation sites (tertiary alicyclic amines) is 1. The molecule has 1 aromatic heterocycles. The summed E-state index contributed by atoms with van der Waals surface area (Å²) in [6, 6.07) is 1.48. The van der Waals surface area contributed by atoms with E-state index in [9.17, 15) is 9.18 Å². The number of aromatic nitrogens is 1. The van der Waals surface area contributed by atoms with Crippen molar-refractivity contribution < 1.29 is 9.18 Å². The predicted octanol–water partition coefficient (Wildman–Crippen LogP) is 2.04. The molecule has 1 aliphatic rings. The van der Waals surface area contributed by atoms with Crippen LogP contribution >= 0.6 is 11.6 Å². The third kappa shape index (κ3) is 3.22. The SMILES string of the molecule is CN(C)C1CCCN(C(=O)c2cc(F)cnc2Cl)C1. The van der Waals surface area contributed by atoms with Gasteiger partial charge in [0.15, 0.2) is 0 Å². The van der Waals surface area contributed by atoms with Crippen LogP contribution in [0.15, 0.2) is 12.3 Å². The average Bonchev–Trinajstić information content (AvgIpc) is 2.41. The van der Waals surface area contributed by atoms with E-state index in [1.807, 2.05) is 14.1 Å². The van der Waals surface area contributed by atoms with Gasteiger partial charge in [-0.05, 0) is 33.0 Å². The summed E-state index contributed by atoms with van der Waals surface area (Å²) in [5.74, 6) is -0.794. The van der Waals surface area contributed by atoms with Gasteiger partial charge in [0.1, 0.15) is 11.0 Å². The molecule has 0 bridgehead atoms. The minimum atomic E-state index is -0.547. The number of hydrogen-bond donors (Lipinski definition) is 0. The second-order valence-electron chi connectivity index (χ2n) is 5.00. The van der Waals surface area contributed by atoms with Crippen LogP contribution in [0, 0.1) is 5.82 Å². The molecule has 1 amide bonds. The Labute approximate surface area is 117 Å². The van der Waals surface area contributed by atoms with Gasteiger partial charge in [-0.25, -0.2) is 9.37 Å². The molecule has 2 heterocycles. The van der Waals surface area contributed by atoms with Crippen LogP contribution in [0.4, 0.5) is 4.39 Å². The van der Waals surface area contributed by atoms with Crippen LogP contribution in [-0.2, 0) is 0 Å². The van der Waals surface area contributed by atoms with Gasteiger partial charge in [-0.3, -0.25) is 4.79 Å². The Morgan fingerprint density at radius 1 is 1.58 bits per heavy atom. The molecule has 19 heavy (non-hydrogen) atoms. The number of hydrogen-bond acceptors (Lipinski definition) is 3. The van der Waals surface area contributed by atoms with E-state index in [4.69, 9.17) is 11.6 Å². The van der Waals surface area contributed by atoms with Crippen LogP contribution in [0.2, 0.25) is 5.15 Å². The third-order valence-corrected chi connectivity index (χ3v) is 3.75. The number of carbonyl (C=O) groups is 1. The standard InChI is InChI=1S/C13H17ClFN3O/c1-17(2)10-4-3-5-18(8-10)13(19)11-6-9(15)7-16-12(11)14/h6-7,10H,3-5,8H2,1-2H3. The van der Waals surface area contributed by atoms with Crippen molar-refractivity contribution in [3.05, 3.63) is 28.8 Å². The van der Waals surface area contributed by atoms with E-state index in [-0.39, 0.29) is 16.6 Å². The van der Waals surface area contributed by atoms with Crippen molar-refractivity contribution in [3.63, 3.8) is 0 Å². The first kappa shape index (κ1) is 14.2. The van der Waals surface area contributed by atoms with E-state index in [1.54, 1.807) is 4.90 Å². The number of nitrogens with zero attached hydrogens (tertiary/aromatic N) is 3. The molecule has 1 saturated heterocycles. The molecule has 0 saturated carbocycles. The molecule has 0 spiro atoms. The summed E-state index contributed by atoms with van der Waals surface area (Å²) in [6.07, 6.45) is 3.01. The lowest BCUT2D eigenvalue weighted by atomic mass is 10.0. The zero-order chi connectivity index (χ0) is 14.0. The highest BCUT2D eigenvalue weighted by atomic mass is 35.5. The molecule has 104 valence electrons. The summed E-state index contributed by atoms with van der Waals surface area (Å²) in [5, 5.41) is 0.0541. The fraction of sp³-hybridized carbons (Fsp3) is 0.538. The number of piperidine rings is 1. The smallest absolute Gasteiger partial charge is 0.257 e. The average molecular weight is 286 g/mol. The normalized spacial score (nSPS) is 19.8. The van der Waals surface area contributed by atoms with Crippen molar-refractivity contribution in [2.24, 2.45) is 0 Å². The number of pyridine rings is 1. The lowest BCUT2D eigenvalue weighted by molar-refractivity contribution is 0.0634. The van der Waals surface area contributed by atoms with Crippen LogP contribution in [0.25, 0.3) is 0 Å². The summed E-state index contributed by atoms with van der Waals surface area (Å²) in [5.41, 5.74) is 0.140. The molecule has 0 radical (unpaired) electrons. The lowest BCUT2D eigenvalue weighted by Gasteiger charge is -2.36. The monoisotopic (exact) mass is 285 g/mol. The number of amides is 1. The highest BCUT2D eigenvalue weighted by Gasteiger charge is 2.27. The van der Waals surface area contributed by atoms with Gasteiger partial charge in [0.2, 0.25) is 0 Å². The van der Waals surface area contributed by atoms with E-state index in [0.29, 0.717) is 19.1 Å². The third-order valence-electron chi connectivity index (χ3n) is 3.45. The van der Waals surface area contributed by atoms with E-state index in [0.717, 1.165) is 25.1 Å². The topological polar surface area (TPSA) is 36.4 Å². The molecule has 4 nitrogen and oxygen atoms in total. The largest absolute Gasteiger partial charge is 0.337 e. The maximum atomic E-state index is 13.2. The molecule has 0 aromatic carbocycles. The fourth-order valence-electron chi connectivity index (χ4n) is 2.30. The Bertz CT molecular complexity index is 481. The first-order valence-corrected chi connectivity index (χ1v) is 6.63.